The summed E-state index contributed by atoms with van der Waals surface area (Å²) in [6.45, 7) is 0. The van der Waals surface area contributed by atoms with Gasteiger partial charge in [0.25, 0.3) is 0 Å². The number of rotatable bonds is 4. The summed E-state index contributed by atoms with van der Waals surface area (Å²) in [5, 5.41) is 0.788. The van der Waals surface area contributed by atoms with E-state index in [9.17, 15) is 0 Å². The predicted molar refractivity (Wildman–Crippen MR) is 102 cm³/mol. The number of fused-ring (bicyclic) bond motifs is 3. The van der Waals surface area contributed by atoms with Crippen LogP contribution in [0.2, 0.25) is 0 Å². The van der Waals surface area contributed by atoms with E-state index < -0.39 is 0 Å². The summed E-state index contributed by atoms with van der Waals surface area (Å²) in [4.78, 5) is 10.6. The Morgan fingerprint density at radius 1 is 1.04 bits per heavy atom. The Balaban J connectivity index is 1.64. The Morgan fingerprint density at radius 3 is 2.72 bits per heavy atom. The third-order valence-corrected chi connectivity index (χ3v) is 5.32. The van der Waals surface area contributed by atoms with Gasteiger partial charge in [0.2, 0.25) is 5.13 Å². The maximum atomic E-state index is 5.33. The second-order valence-electron chi connectivity index (χ2n) is 5.83. The smallest absolute Gasteiger partial charge is 0.209 e. The number of aromatic nitrogens is 1. The van der Waals surface area contributed by atoms with Crippen molar-refractivity contribution in [1.82, 2.24) is 4.98 Å². The van der Waals surface area contributed by atoms with Gasteiger partial charge >= 0.3 is 0 Å². The Labute approximate surface area is 150 Å². The molecule has 0 saturated carbocycles. The van der Waals surface area contributed by atoms with Crippen LogP contribution in [-0.4, -0.2) is 25.4 Å². The Bertz CT molecular complexity index is 947. The lowest BCUT2D eigenvalue weighted by Crippen LogP contribution is -2.02. The quantitative estimate of drug-likeness (QED) is 0.642. The van der Waals surface area contributed by atoms with Gasteiger partial charge in [-0.05, 0) is 54.3 Å². The number of aliphatic imine (C=N–C) groups is 1. The highest BCUT2D eigenvalue weighted by Gasteiger charge is 2.21. The first kappa shape index (κ1) is 15.8. The molecule has 0 saturated heterocycles. The molecule has 1 aliphatic rings. The number of nitrogens with zero attached hydrogens (tertiary/aromatic N) is 2. The van der Waals surface area contributed by atoms with Crippen molar-refractivity contribution in [1.29, 1.82) is 0 Å². The van der Waals surface area contributed by atoms with Crippen LogP contribution >= 0.6 is 11.3 Å². The fourth-order valence-corrected chi connectivity index (χ4v) is 3.93. The normalized spacial score (nSPS) is 12.7. The lowest BCUT2D eigenvalue weighted by molar-refractivity contribution is 0.414. The average molecular weight is 350 g/mol. The van der Waals surface area contributed by atoms with Gasteiger partial charge < -0.3 is 9.47 Å². The first-order chi connectivity index (χ1) is 12.3. The average Bonchev–Trinajstić information content (AvgIpc) is 3.09. The molecule has 0 bridgehead atoms. The highest BCUT2D eigenvalue weighted by atomic mass is 32.1. The zero-order valence-corrected chi connectivity index (χ0v) is 15.0. The number of hydrogen-bond acceptors (Lipinski definition) is 5. The molecule has 0 amide bonds. The summed E-state index contributed by atoms with van der Waals surface area (Å²) in [5.41, 5.74) is 4.55. The maximum absolute atomic E-state index is 5.33. The van der Waals surface area contributed by atoms with E-state index in [1.165, 1.54) is 16.0 Å². The van der Waals surface area contributed by atoms with E-state index in [4.69, 9.17) is 14.5 Å². The Morgan fingerprint density at radius 2 is 1.88 bits per heavy atom. The molecule has 5 heteroatoms. The van der Waals surface area contributed by atoms with Gasteiger partial charge in [0.1, 0.15) is 11.5 Å². The number of ether oxygens (including phenoxy) is 2. The molecule has 1 aliphatic carbocycles. The van der Waals surface area contributed by atoms with E-state index in [0.717, 1.165) is 40.7 Å². The molecule has 0 aliphatic heterocycles. The summed E-state index contributed by atoms with van der Waals surface area (Å²) in [5.74, 6) is 1.72. The van der Waals surface area contributed by atoms with Crippen LogP contribution in [0.1, 0.15) is 16.0 Å². The fraction of sp³-hybridized carbons (Fsp3) is 0.200. The first-order valence-corrected chi connectivity index (χ1v) is 8.93. The van der Waals surface area contributed by atoms with Crippen LogP contribution in [0.5, 0.6) is 11.5 Å². The van der Waals surface area contributed by atoms with Crippen LogP contribution in [-0.2, 0) is 12.8 Å². The molecule has 0 radical (unpaired) electrons. The minimum Gasteiger partial charge on any atom is -0.497 e. The highest BCUT2D eigenvalue weighted by molar-refractivity contribution is 7.15. The van der Waals surface area contributed by atoms with E-state index in [-0.39, 0.29) is 0 Å². The standard InChI is InChI=1S/C20H18N2O2S/c1-23-15-5-3-4-13(10-15)12-21-20-22-19-17-8-7-16(24-2)11-14(17)6-9-18(19)25-20/h3-5,7-8,10-12H,6,9H2,1-2H3. The van der Waals surface area contributed by atoms with E-state index in [1.807, 2.05) is 36.5 Å². The number of methoxy groups -OCH3 is 2. The highest BCUT2D eigenvalue weighted by Crippen LogP contribution is 2.40. The van der Waals surface area contributed by atoms with Gasteiger partial charge in [-0.1, -0.05) is 23.5 Å². The third kappa shape index (κ3) is 3.15. The van der Waals surface area contributed by atoms with Crippen molar-refractivity contribution < 1.29 is 9.47 Å². The molecule has 2 aromatic carbocycles. The zero-order chi connectivity index (χ0) is 17.2. The lowest BCUT2D eigenvalue weighted by Gasteiger charge is -2.15. The molecule has 3 aromatic rings. The topological polar surface area (TPSA) is 43.7 Å². The van der Waals surface area contributed by atoms with Gasteiger partial charge in [-0.15, -0.1) is 0 Å². The van der Waals surface area contributed by atoms with Crippen LogP contribution in [0.4, 0.5) is 5.13 Å². The molecule has 126 valence electrons. The molecule has 1 aromatic heterocycles. The van der Waals surface area contributed by atoms with Crippen molar-refractivity contribution in [2.24, 2.45) is 4.99 Å². The molecule has 0 N–H and O–H groups in total. The number of thiazole rings is 1. The van der Waals surface area contributed by atoms with E-state index in [1.54, 1.807) is 25.6 Å². The van der Waals surface area contributed by atoms with Crippen molar-refractivity contribution in [3.63, 3.8) is 0 Å². The van der Waals surface area contributed by atoms with E-state index in [2.05, 4.69) is 17.1 Å². The van der Waals surface area contributed by atoms with Crippen LogP contribution < -0.4 is 9.47 Å². The van der Waals surface area contributed by atoms with Crippen LogP contribution in [0.25, 0.3) is 11.3 Å². The van der Waals surface area contributed by atoms with Gasteiger partial charge in [-0.2, -0.15) is 0 Å². The van der Waals surface area contributed by atoms with Crippen molar-refractivity contribution >= 4 is 22.7 Å². The minimum absolute atomic E-state index is 0.788. The van der Waals surface area contributed by atoms with E-state index >= 15 is 0 Å². The van der Waals surface area contributed by atoms with Gasteiger partial charge in [-0.3, -0.25) is 0 Å². The molecule has 4 nitrogen and oxygen atoms in total. The van der Waals surface area contributed by atoms with E-state index in [0.29, 0.717) is 0 Å². The Hall–Kier alpha value is -2.66. The minimum atomic E-state index is 0.788. The molecular formula is C20H18N2O2S. The van der Waals surface area contributed by atoms with Crippen LogP contribution in [0, 0.1) is 0 Å². The molecule has 0 fully saturated rings. The molecule has 0 unspecified atom stereocenters. The van der Waals surface area contributed by atoms with Gasteiger partial charge in [0.15, 0.2) is 0 Å². The van der Waals surface area contributed by atoms with Gasteiger partial charge in [-0.25, -0.2) is 9.98 Å². The summed E-state index contributed by atoms with van der Waals surface area (Å²) in [7, 11) is 3.36. The SMILES string of the molecule is COc1cccc(C=Nc2nc3c(s2)CCc2cc(OC)ccc2-3)c1. The molecule has 0 atom stereocenters. The summed E-state index contributed by atoms with van der Waals surface area (Å²) < 4.78 is 10.6. The van der Waals surface area contributed by atoms with Crippen LogP contribution in [0.3, 0.4) is 0 Å². The van der Waals surface area contributed by atoms with Crippen molar-refractivity contribution in [2.45, 2.75) is 12.8 Å². The van der Waals surface area contributed by atoms with Crippen molar-refractivity contribution in [3.05, 3.63) is 58.5 Å². The predicted octanol–water partition coefficient (Wildman–Crippen LogP) is 4.68. The molecular weight excluding hydrogens is 332 g/mol. The van der Waals surface area contributed by atoms with Gasteiger partial charge in [0.05, 0.1) is 19.9 Å². The van der Waals surface area contributed by atoms with Crippen LogP contribution in [0.15, 0.2) is 47.5 Å². The fourth-order valence-electron chi connectivity index (χ4n) is 3.01. The second-order valence-corrected chi connectivity index (χ2v) is 6.89. The first-order valence-electron chi connectivity index (χ1n) is 8.12. The lowest BCUT2D eigenvalue weighted by atomic mass is 9.93. The molecule has 1 heterocycles. The number of benzene rings is 2. The van der Waals surface area contributed by atoms with Gasteiger partial charge in [0, 0.05) is 16.7 Å². The summed E-state index contributed by atoms with van der Waals surface area (Å²) in [6, 6.07) is 14.0. The largest absolute Gasteiger partial charge is 0.497 e. The monoisotopic (exact) mass is 350 g/mol. The third-order valence-electron chi connectivity index (χ3n) is 4.29. The summed E-state index contributed by atoms with van der Waals surface area (Å²) >= 11 is 1.67. The Kier molecular flexibility index (Phi) is 4.24. The molecule has 0 spiro atoms. The summed E-state index contributed by atoms with van der Waals surface area (Å²) in [6.07, 6.45) is 3.85. The zero-order valence-electron chi connectivity index (χ0n) is 14.2. The van der Waals surface area contributed by atoms with Crippen molar-refractivity contribution in [3.8, 4) is 22.8 Å². The number of aryl methyl sites for hydroxylation is 2. The molecule has 4 rings (SSSR count). The number of hydrogen-bond donors (Lipinski definition) is 0. The maximum Gasteiger partial charge on any atom is 0.209 e. The molecule has 25 heavy (non-hydrogen) atoms. The second kappa shape index (κ2) is 6.69. The van der Waals surface area contributed by atoms with Crippen molar-refractivity contribution in [2.75, 3.05) is 14.2 Å².